The molecule has 2 aliphatic heterocycles. The first-order chi connectivity index (χ1) is 5.40. The molecule has 2 saturated heterocycles. The number of fused-ring (bicyclic) bond motifs is 1. The van der Waals surface area contributed by atoms with Crippen molar-refractivity contribution in [3.63, 3.8) is 0 Å². The fraction of sp³-hybridized carbons (Fsp3) is 1.00. The van der Waals surface area contributed by atoms with Crippen molar-refractivity contribution in [2.45, 2.75) is 31.5 Å². The van der Waals surface area contributed by atoms with Crippen molar-refractivity contribution in [2.24, 2.45) is 5.73 Å². The molecule has 11 heavy (non-hydrogen) atoms. The van der Waals surface area contributed by atoms with Gasteiger partial charge in [-0.25, -0.2) is 0 Å². The lowest BCUT2D eigenvalue weighted by Crippen LogP contribution is -2.40. The molecule has 3 nitrogen and oxygen atoms in total. The molecule has 2 aliphatic rings. The minimum Gasteiger partial charge on any atom is -0.329 e. The smallest absolute Gasteiger partial charge is 0.0600 e. The molecule has 64 valence electrons. The Morgan fingerprint density at radius 2 is 2.36 bits per heavy atom. The highest BCUT2D eigenvalue weighted by atomic mass is 15.3. The Hall–Kier alpha value is -0.120. The van der Waals surface area contributed by atoms with E-state index in [9.17, 15) is 0 Å². The van der Waals surface area contributed by atoms with Gasteiger partial charge in [0.2, 0.25) is 0 Å². The molecule has 0 aromatic carbocycles. The van der Waals surface area contributed by atoms with E-state index in [0.717, 1.165) is 6.54 Å². The lowest BCUT2D eigenvalue weighted by atomic mass is 10.1. The van der Waals surface area contributed by atoms with E-state index in [-0.39, 0.29) is 0 Å². The first-order valence-corrected chi connectivity index (χ1v) is 4.60. The summed E-state index contributed by atoms with van der Waals surface area (Å²) in [5.41, 5.74) is 5.60. The zero-order valence-electron chi connectivity index (χ0n) is 6.92. The molecule has 0 aromatic rings. The van der Waals surface area contributed by atoms with Gasteiger partial charge in [-0.3, -0.25) is 10.2 Å². The normalized spacial score (nSPS) is 39.0. The summed E-state index contributed by atoms with van der Waals surface area (Å²) in [6.45, 7) is 3.22. The molecule has 0 radical (unpaired) electrons. The molecule has 2 fully saturated rings. The zero-order chi connectivity index (χ0) is 7.68. The van der Waals surface area contributed by atoms with E-state index in [2.05, 4.69) is 10.2 Å². The second-order valence-electron chi connectivity index (χ2n) is 3.61. The van der Waals surface area contributed by atoms with Crippen molar-refractivity contribution in [3.05, 3.63) is 0 Å². The van der Waals surface area contributed by atoms with Crippen LogP contribution in [-0.4, -0.2) is 36.7 Å². The number of nitrogens with two attached hydrogens (primary N) is 1. The van der Waals surface area contributed by atoms with Gasteiger partial charge in [-0.1, -0.05) is 0 Å². The van der Waals surface area contributed by atoms with Crippen LogP contribution in [0.5, 0.6) is 0 Å². The number of hydrogen-bond acceptors (Lipinski definition) is 3. The molecule has 0 amide bonds. The standard InChI is InChI=1S/C8H17N3/c9-5-7-6-11-4-2-1-3-8(11)10-7/h7-8,10H,1-6,9H2. The third kappa shape index (κ3) is 1.41. The molecule has 0 saturated carbocycles. The SMILES string of the molecule is NCC1CN2CCCCC2N1. The van der Waals surface area contributed by atoms with Gasteiger partial charge in [0.05, 0.1) is 6.17 Å². The van der Waals surface area contributed by atoms with Crippen molar-refractivity contribution >= 4 is 0 Å². The van der Waals surface area contributed by atoms with E-state index in [4.69, 9.17) is 5.73 Å². The average Bonchev–Trinajstić information content (AvgIpc) is 2.46. The lowest BCUT2D eigenvalue weighted by Gasteiger charge is -2.28. The third-order valence-electron chi connectivity index (χ3n) is 2.78. The summed E-state index contributed by atoms with van der Waals surface area (Å²) in [7, 11) is 0. The van der Waals surface area contributed by atoms with Crippen LogP contribution >= 0.6 is 0 Å². The van der Waals surface area contributed by atoms with Gasteiger partial charge in [-0.2, -0.15) is 0 Å². The predicted molar refractivity (Wildman–Crippen MR) is 45.2 cm³/mol. The molecule has 2 unspecified atom stereocenters. The van der Waals surface area contributed by atoms with Gasteiger partial charge >= 0.3 is 0 Å². The Bertz CT molecular complexity index is 123. The predicted octanol–water partition coefficient (Wildman–Crippen LogP) is -0.271. The second kappa shape index (κ2) is 3.09. The van der Waals surface area contributed by atoms with Crippen LogP contribution in [0.2, 0.25) is 0 Å². The van der Waals surface area contributed by atoms with Gasteiger partial charge < -0.3 is 5.73 Å². The van der Waals surface area contributed by atoms with Crippen LogP contribution in [0, 0.1) is 0 Å². The van der Waals surface area contributed by atoms with Crippen molar-refractivity contribution in [1.82, 2.24) is 10.2 Å². The van der Waals surface area contributed by atoms with Gasteiger partial charge in [0, 0.05) is 19.1 Å². The maximum absolute atomic E-state index is 5.60. The molecule has 2 rings (SSSR count). The molecule has 3 N–H and O–H groups in total. The highest BCUT2D eigenvalue weighted by molar-refractivity contribution is 4.88. The van der Waals surface area contributed by atoms with Crippen LogP contribution in [0.4, 0.5) is 0 Å². The van der Waals surface area contributed by atoms with Crippen LogP contribution < -0.4 is 11.1 Å². The van der Waals surface area contributed by atoms with Crippen molar-refractivity contribution in [3.8, 4) is 0 Å². The number of hydrogen-bond donors (Lipinski definition) is 2. The quantitative estimate of drug-likeness (QED) is 0.547. The van der Waals surface area contributed by atoms with Gasteiger partial charge in [-0.15, -0.1) is 0 Å². The molecule has 0 bridgehead atoms. The van der Waals surface area contributed by atoms with E-state index >= 15 is 0 Å². The Morgan fingerprint density at radius 1 is 1.45 bits per heavy atom. The van der Waals surface area contributed by atoms with Crippen LogP contribution in [0.15, 0.2) is 0 Å². The Labute approximate surface area is 67.9 Å². The summed E-state index contributed by atoms with van der Waals surface area (Å²) in [5, 5.41) is 3.54. The summed E-state index contributed by atoms with van der Waals surface area (Å²) < 4.78 is 0. The molecule has 0 aromatic heterocycles. The Morgan fingerprint density at radius 3 is 3.09 bits per heavy atom. The summed E-state index contributed by atoms with van der Waals surface area (Å²) >= 11 is 0. The van der Waals surface area contributed by atoms with Crippen molar-refractivity contribution in [2.75, 3.05) is 19.6 Å². The van der Waals surface area contributed by atoms with Crippen molar-refractivity contribution < 1.29 is 0 Å². The number of rotatable bonds is 1. The van der Waals surface area contributed by atoms with Gasteiger partial charge in [-0.05, 0) is 25.8 Å². The second-order valence-corrected chi connectivity index (χ2v) is 3.61. The molecule has 2 heterocycles. The van der Waals surface area contributed by atoms with Gasteiger partial charge in [0.15, 0.2) is 0 Å². The number of piperidine rings is 1. The van der Waals surface area contributed by atoms with Crippen molar-refractivity contribution in [1.29, 1.82) is 0 Å². The fourth-order valence-corrected chi connectivity index (χ4v) is 2.15. The highest BCUT2D eigenvalue weighted by Gasteiger charge is 2.31. The van der Waals surface area contributed by atoms with E-state index < -0.39 is 0 Å². The Balaban J connectivity index is 1.92. The summed E-state index contributed by atoms with van der Waals surface area (Å²) in [6, 6.07) is 0.554. The molecule has 3 heteroatoms. The van der Waals surface area contributed by atoms with Gasteiger partial charge in [0.25, 0.3) is 0 Å². The molecular formula is C8H17N3. The summed E-state index contributed by atoms with van der Waals surface area (Å²) in [4.78, 5) is 2.53. The van der Waals surface area contributed by atoms with Crippen LogP contribution in [-0.2, 0) is 0 Å². The zero-order valence-corrected chi connectivity index (χ0v) is 6.92. The highest BCUT2D eigenvalue weighted by Crippen LogP contribution is 2.19. The number of nitrogens with one attached hydrogen (secondary N) is 1. The minimum absolute atomic E-state index is 0.554. The topological polar surface area (TPSA) is 41.3 Å². The first kappa shape index (κ1) is 7.53. The van der Waals surface area contributed by atoms with E-state index in [1.165, 1.54) is 32.4 Å². The van der Waals surface area contributed by atoms with E-state index in [1.54, 1.807) is 0 Å². The lowest BCUT2D eigenvalue weighted by molar-refractivity contribution is 0.186. The summed E-state index contributed by atoms with van der Waals surface area (Å²) in [5.74, 6) is 0. The molecule has 2 atom stereocenters. The van der Waals surface area contributed by atoms with Crippen LogP contribution in [0.1, 0.15) is 19.3 Å². The van der Waals surface area contributed by atoms with E-state index in [0.29, 0.717) is 12.2 Å². The maximum Gasteiger partial charge on any atom is 0.0600 e. The average molecular weight is 155 g/mol. The fourth-order valence-electron chi connectivity index (χ4n) is 2.15. The minimum atomic E-state index is 0.554. The van der Waals surface area contributed by atoms with Crippen LogP contribution in [0.3, 0.4) is 0 Å². The largest absolute Gasteiger partial charge is 0.329 e. The van der Waals surface area contributed by atoms with Gasteiger partial charge in [0.1, 0.15) is 0 Å². The molecule has 0 aliphatic carbocycles. The monoisotopic (exact) mass is 155 g/mol. The summed E-state index contributed by atoms with van der Waals surface area (Å²) in [6.07, 6.45) is 4.72. The van der Waals surface area contributed by atoms with Crippen LogP contribution in [0.25, 0.3) is 0 Å². The first-order valence-electron chi connectivity index (χ1n) is 4.60. The third-order valence-corrected chi connectivity index (χ3v) is 2.78. The maximum atomic E-state index is 5.60. The molecular weight excluding hydrogens is 138 g/mol. The molecule has 0 spiro atoms. The van der Waals surface area contributed by atoms with E-state index in [1.807, 2.05) is 0 Å². The number of nitrogens with zero attached hydrogens (tertiary/aromatic N) is 1. The Kier molecular flexibility index (Phi) is 2.11.